The highest BCUT2D eigenvalue weighted by Gasteiger charge is 1.97. The van der Waals surface area contributed by atoms with Crippen LogP contribution in [0.2, 0.25) is 0 Å². The van der Waals surface area contributed by atoms with E-state index in [2.05, 4.69) is 6.92 Å². The van der Waals surface area contributed by atoms with Gasteiger partial charge in [0.15, 0.2) is 0 Å². The summed E-state index contributed by atoms with van der Waals surface area (Å²) in [4.78, 5) is 0. The molecule has 0 radical (unpaired) electrons. The first kappa shape index (κ1) is 44.7. The molecule has 0 aromatic heterocycles. The molecule has 1 aromatic carbocycles. The van der Waals surface area contributed by atoms with Crippen LogP contribution in [0.1, 0.15) is 25.3 Å². The molecule has 0 spiro atoms. The van der Waals surface area contributed by atoms with E-state index in [1.807, 2.05) is 30.3 Å². The Hall–Kier alpha value is -1.30. The molecule has 1 aromatic rings. The first-order chi connectivity index (χ1) is 23.9. The van der Waals surface area contributed by atoms with Crippen molar-refractivity contribution >= 4 is 0 Å². The van der Waals surface area contributed by atoms with Crippen LogP contribution in [-0.4, -0.2) is 165 Å². The van der Waals surface area contributed by atoms with Crippen LogP contribution in [0.15, 0.2) is 30.3 Å². The van der Waals surface area contributed by atoms with Crippen LogP contribution < -0.4 is 0 Å². The zero-order chi connectivity index (χ0) is 34.1. The van der Waals surface area contributed by atoms with Gasteiger partial charge in [0.2, 0.25) is 0 Å². The molecule has 0 fully saturated rings. The van der Waals surface area contributed by atoms with Crippen LogP contribution in [0.5, 0.6) is 0 Å². The molecule has 1 rings (SSSR count). The molecule has 282 valence electrons. The molecule has 0 aliphatic heterocycles. The maximum atomic E-state index is 5.57. The molecule has 0 aliphatic rings. The smallest absolute Gasteiger partial charge is 0.0718 e. The van der Waals surface area contributed by atoms with E-state index in [0.29, 0.717) is 165 Å². The molecule has 0 saturated carbocycles. The zero-order valence-corrected chi connectivity index (χ0v) is 29.5. The molecule has 0 heterocycles. The van der Waals surface area contributed by atoms with Gasteiger partial charge in [-0.05, 0) is 12.0 Å². The predicted octanol–water partition coefficient (Wildman–Crippen LogP) is 3.20. The van der Waals surface area contributed by atoms with Gasteiger partial charge in [0.1, 0.15) is 0 Å². The highest BCUT2D eigenvalue weighted by Crippen LogP contribution is 2.00. The van der Waals surface area contributed by atoms with Gasteiger partial charge in [-0.2, -0.15) is 0 Å². The summed E-state index contributed by atoms with van der Waals surface area (Å²) in [6, 6.07) is 10.1. The van der Waals surface area contributed by atoms with E-state index in [0.717, 1.165) is 25.0 Å². The van der Waals surface area contributed by atoms with E-state index >= 15 is 0 Å². The van der Waals surface area contributed by atoms with E-state index in [1.165, 1.54) is 0 Å². The third-order valence-electron chi connectivity index (χ3n) is 6.22. The van der Waals surface area contributed by atoms with Crippen LogP contribution in [-0.2, 0) is 68.2 Å². The van der Waals surface area contributed by atoms with E-state index in [4.69, 9.17) is 61.6 Å². The fourth-order valence-electron chi connectivity index (χ4n) is 3.65. The second kappa shape index (κ2) is 40.1. The predicted molar refractivity (Wildman–Crippen MR) is 181 cm³/mol. The summed E-state index contributed by atoms with van der Waals surface area (Å²) in [6.45, 7) is 16.4. The lowest BCUT2D eigenvalue weighted by Crippen LogP contribution is -2.15. The second-order valence-electron chi connectivity index (χ2n) is 10.2. The van der Waals surface area contributed by atoms with Crippen molar-refractivity contribution in [3.63, 3.8) is 0 Å². The third-order valence-corrected chi connectivity index (χ3v) is 6.22. The van der Waals surface area contributed by atoms with Crippen molar-refractivity contribution in [2.24, 2.45) is 0 Å². The highest BCUT2D eigenvalue weighted by atomic mass is 16.6. The molecular weight excluding hydrogens is 628 g/mol. The normalized spacial score (nSPS) is 11.5. The molecule has 13 nitrogen and oxygen atoms in total. The van der Waals surface area contributed by atoms with Crippen molar-refractivity contribution in [1.82, 2.24) is 0 Å². The Morgan fingerprint density at radius 3 is 0.771 bits per heavy atom. The van der Waals surface area contributed by atoms with Gasteiger partial charge in [0, 0.05) is 6.61 Å². The van der Waals surface area contributed by atoms with E-state index in [-0.39, 0.29) is 0 Å². The topological polar surface area (TPSA) is 120 Å². The summed E-state index contributed by atoms with van der Waals surface area (Å²) in [5, 5.41) is 0. The van der Waals surface area contributed by atoms with Crippen LogP contribution >= 0.6 is 0 Å². The van der Waals surface area contributed by atoms with Crippen molar-refractivity contribution in [3.8, 4) is 0 Å². The quantitative estimate of drug-likeness (QED) is 0.0936. The monoisotopic (exact) mass is 692 g/mol. The van der Waals surface area contributed by atoms with Gasteiger partial charge in [-0.15, -0.1) is 0 Å². The highest BCUT2D eigenvalue weighted by molar-refractivity contribution is 5.13. The zero-order valence-electron chi connectivity index (χ0n) is 29.5. The van der Waals surface area contributed by atoms with Gasteiger partial charge >= 0.3 is 0 Å². The number of ether oxygens (including phenoxy) is 13. The summed E-state index contributed by atoms with van der Waals surface area (Å²) in [6.07, 6.45) is 2.24. The summed E-state index contributed by atoms with van der Waals surface area (Å²) in [5.74, 6) is 0. The minimum absolute atomic E-state index is 0.512. The maximum absolute atomic E-state index is 5.57. The van der Waals surface area contributed by atoms with E-state index in [9.17, 15) is 0 Å². The van der Waals surface area contributed by atoms with Crippen molar-refractivity contribution < 1.29 is 61.6 Å². The van der Waals surface area contributed by atoms with Crippen molar-refractivity contribution in [1.29, 1.82) is 0 Å². The Labute approximate surface area is 288 Å². The lowest BCUT2D eigenvalue weighted by Gasteiger charge is -2.09. The summed E-state index contributed by atoms with van der Waals surface area (Å²) in [7, 11) is 0. The number of rotatable bonds is 41. The Morgan fingerprint density at radius 1 is 0.292 bits per heavy atom. The number of benzene rings is 1. The van der Waals surface area contributed by atoms with Gasteiger partial charge < -0.3 is 61.6 Å². The van der Waals surface area contributed by atoms with Crippen molar-refractivity contribution in [3.05, 3.63) is 35.9 Å². The Kier molecular flexibility index (Phi) is 37.4. The molecule has 0 N–H and O–H groups in total. The average Bonchev–Trinajstić information content (AvgIpc) is 3.11. The second-order valence-corrected chi connectivity index (χ2v) is 10.2. The fraction of sp³-hybridized carbons (Fsp3) is 0.829. The molecule has 0 unspecified atom stereocenters. The molecule has 13 heteroatoms. The first-order valence-corrected chi connectivity index (χ1v) is 17.5. The van der Waals surface area contributed by atoms with Crippen molar-refractivity contribution in [2.45, 2.75) is 26.4 Å². The van der Waals surface area contributed by atoms with Crippen LogP contribution in [0.4, 0.5) is 0 Å². The number of unbranched alkanes of at least 4 members (excludes halogenated alkanes) is 1. The molecule has 0 saturated heterocycles. The van der Waals surface area contributed by atoms with Crippen LogP contribution in [0, 0.1) is 0 Å². The summed E-state index contributed by atoms with van der Waals surface area (Å²) < 4.78 is 71.3. The molecule has 0 amide bonds. The standard InChI is InChI=1S/C35H64O13/c1-2-3-9-36-10-11-37-12-13-38-14-15-39-16-17-40-18-19-41-20-21-42-22-23-43-24-25-44-26-27-45-28-29-46-30-31-47-32-33-48-34-35-7-5-4-6-8-35/h4-8H,2-3,9-34H2,1H3. The third kappa shape index (κ3) is 36.0. The first-order valence-electron chi connectivity index (χ1n) is 17.5. The molecular formula is C35H64O13. The maximum Gasteiger partial charge on any atom is 0.0718 e. The SMILES string of the molecule is CCCCOCCOCCOCCOCCOCCOCCOCCOCCOCCOCCOCCOCCOCc1ccccc1. The van der Waals surface area contributed by atoms with Gasteiger partial charge in [0.05, 0.1) is 165 Å². The molecule has 0 bridgehead atoms. The summed E-state index contributed by atoms with van der Waals surface area (Å²) in [5.41, 5.74) is 1.16. The van der Waals surface area contributed by atoms with Gasteiger partial charge in [-0.1, -0.05) is 43.7 Å². The molecule has 48 heavy (non-hydrogen) atoms. The van der Waals surface area contributed by atoms with E-state index < -0.39 is 0 Å². The fourth-order valence-corrected chi connectivity index (χ4v) is 3.65. The Bertz CT molecular complexity index is 717. The van der Waals surface area contributed by atoms with E-state index in [1.54, 1.807) is 0 Å². The lowest BCUT2D eigenvalue weighted by atomic mass is 10.2. The van der Waals surface area contributed by atoms with Gasteiger partial charge in [-0.25, -0.2) is 0 Å². The number of hydrogen-bond donors (Lipinski definition) is 0. The van der Waals surface area contributed by atoms with Crippen molar-refractivity contribution in [2.75, 3.05) is 165 Å². The Morgan fingerprint density at radius 2 is 0.521 bits per heavy atom. The van der Waals surface area contributed by atoms with Crippen LogP contribution in [0.25, 0.3) is 0 Å². The lowest BCUT2D eigenvalue weighted by molar-refractivity contribution is -0.0291. The molecule has 0 atom stereocenters. The summed E-state index contributed by atoms with van der Waals surface area (Å²) >= 11 is 0. The van der Waals surface area contributed by atoms with Gasteiger partial charge in [0.25, 0.3) is 0 Å². The minimum atomic E-state index is 0.512. The largest absolute Gasteiger partial charge is 0.379 e. The van der Waals surface area contributed by atoms with Gasteiger partial charge in [-0.3, -0.25) is 0 Å². The molecule has 0 aliphatic carbocycles. The van der Waals surface area contributed by atoms with Crippen LogP contribution in [0.3, 0.4) is 0 Å². The number of hydrogen-bond acceptors (Lipinski definition) is 13. The minimum Gasteiger partial charge on any atom is -0.379 e. The average molecular weight is 693 g/mol. The Balaban J connectivity index is 1.60.